The van der Waals surface area contributed by atoms with Crippen LogP contribution in [0.25, 0.3) is 10.9 Å². The van der Waals surface area contributed by atoms with Crippen LogP contribution in [0.4, 0.5) is 0 Å². The van der Waals surface area contributed by atoms with Gasteiger partial charge >= 0.3 is 0 Å². The van der Waals surface area contributed by atoms with Crippen LogP contribution in [0.15, 0.2) is 36.4 Å². The highest BCUT2D eigenvalue weighted by atomic mass is 35.5. The summed E-state index contributed by atoms with van der Waals surface area (Å²) in [6.07, 6.45) is 0. The van der Waals surface area contributed by atoms with Crippen LogP contribution in [0.3, 0.4) is 0 Å². The molecule has 1 atom stereocenters. The maximum atomic E-state index is 11.4. The lowest BCUT2D eigenvalue weighted by Gasteiger charge is -2.16. The third kappa shape index (κ3) is 2.68. The first-order valence-corrected chi connectivity index (χ1v) is 8.20. The zero-order valence-corrected chi connectivity index (χ0v) is 14.2. The number of ether oxygens (including phenoxy) is 2. The maximum Gasteiger partial charge on any atom is 0.231 e. The summed E-state index contributed by atoms with van der Waals surface area (Å²) >= 11 is 6.29. The quantitative estimate of drug-likeness (QED) is 0.558. The number of rotatable bonds is 4. The van der Waals surface area contributed by atoms with Crippen LogP contribution >= 0.6 is 11.6 Å². The summed E-state index contributed by atoms with van der Waals surface area (Å²) in [7, 11) is 0. The number of aromatic amines is 1. The van der Waals surface area contributed by atoms with Crippen LogP contribution in [0, 0.1) is 17.0 Å². The predicted molar refractivity (Wildman–Crippen MR) is 94.3 cm³/mol. The third-order valence-electron chi connectivity index (χ3n) is 4.48. The number of halogens is 1. The summed E-state index contributed by atoms with van der Waals surface area (Å²) in [5.41, 5.74) is 3.50. The van der Waals surface area contributed by atoms with Crippen LogP contribution in [0.5, 0.6) is 11.5 Å². The molecule has 0 aliphatic carbocycles. The fourth-order valence-corrected chi connectivity index (χ4v) is 3.72. The zero-order valence-electron chi connectivity index (χ0n) is 13.4. The summed E-state index contributed by atoms with van der Waals surface area (Å²) in [6, 6.07) is 11.3. The fourth-order valence-electron chi connectivity index (χ4n) is 3.45. The Balaban J connectivity index is 1.91. The molecule has 3 aromatic rings. The van der Waals surface area contributed by atoms with Crippen molar-refractivity contribution in [3.8, 4) is 11.5 Å². The van der Waals surface area contributed by atoms with Gasteiger partial charge in [0.15, 0.2) is 11.5 Å². The Kier molecular flexibility index (Phi) is 3.77. The average Bonchev–Trinajstić information content (AvgIpc) is 3.16. The molecule has 1 aliphatic rings. The van der Waals surface area contributed by atoms with Gasteiger partial charge in [0.2, 0.25) is 13.3 Å². The van der Waals surface area contributed by atoms with Gasteiger partial charge in [-0.2, -0.15) is 0 Å². The topological polar surface area (TPSA) is 77.4 Å². The monoisotopic (exact) mass is 358 g/mol. The van der Waals surface area contributed by atoms with Crippen molar-refractivity contribution in [3.05, 3.63) is 68.4 Å². The van der Waals surface area contributed by atoms with Gasteiger partial charge in [0.25, 0.3) is 0 Å². The van der Waals surface area contributed by atoms with E-state index in [1.54, 1.807) is 12.1 Å². The normalized spacial score (nSPS) is 14.0. The first-order chi connectivity index (χ1) is 12.0. The van der Waals surface area contributed by atoms with Crippen molar-refractivity contribution in [2.75, 3.05) is 13.3 Å². The van der Waals surface area contributed by atoms with Crippen molar-refractivity contribution < 1.29 is 14.4 Å². The molecule has 1 N–H and O–H groups in total. The van der Waals surface area contributed by atoms with Crippen molar-refractivity contribution in [3.63, 3.8) is 0 Å². The van der Waals surface area contributed by atoms with Crippen LogP contribution in [0.1, 0.15) is 22.7 Å². The van der Waals surface area contributed by atoms with E-state index in [1.807, 2.05) is 31.2 Å². The molecule has 6 nitrogen and oxygen atoms in total. The lowest BCUT2D eigenvalue weighted by Crippen LogP contribution is -2.14. The van der Waals surface area contributed by atoms with Gasteiger partial charge in [-0.1, -0.05) is 29.8 Å². The van der Waals surface area contributed by atoms with E-state index in [4.69, 9.17) is 21.1 Å². The highest BCUT2D eigenvalue weighted by Gasteiger charge is 2.28. The maximum absolute atomic E-state index is 11.4. The van der Waals surface area contributed by atoms with E-state index in [2.05, 4.69) is 4.98 Å². The van der Waals surface area contributed by atoms with Crippen molar-refractivity contribution in [1.29, 1.82) is 0 Å². The Bertz CT molecular complexity index is 983. The smallest absolute Gasteiger partial charge is 0.231 e. The van der Waals surface area contributed by atoms with Gasteiger partial charge < -0.3 is 14.5 Å². The molecule has 0 saturated heterocycles. The van der Waals surface area contributed by atoms with E-state index in [-0.39, 0.29) is 18.3 Å². The summed E-state index contributed by atoms with van der Waals surface area (Å²) < 4.78 is 10.8. The zero-order chi connectivity index (χ0) is 17.6. The van der Waals surface area contributed by atoms with E-state index >= 15 is 0 Å². The van der Waals surface area contributed by atoms with Crippen LogP contribution < -0.4 is 9.47 Å². The molecule has 128 valence electrons. The molecule has 0 saturated carbocycles. The Morgan fingerprint density at radius 1 is 1.32 bits per heavy atom. The lowest BCUT2D eigenvalue weighted by molar-refractivity contribution is -0.481. The predicted octanol–water partition coefficient (Wildman–Crippen LogP) is 4.27. The largest absolute Gasteiger partial charge is 0.454 e. The van der Waals surface area contributed by atoms with Gasteiger partial charge in [-0.25, -0.2) is 0 Å². The molecule has 0 amide bonds. The molecule has 0 unspecified atom stereocenters. The SMILES string of the molecule is Cc1[nH]c2ccccc2c1[C@H](C[N+](=O)[O-])c1cc(Cl)c2c(c1)OCO2. The van der Waals surface area contributed by atoms with E-state index in [1.165, 1.54) is 0 Å². The summed E-state index contributed by atoms with van der Waals surface area (Å²) in [4.78, 5) is 14.4. The summed E-state index contributed by atoms with van der Waals surface area (Å²) in [5.74, 6) is 0.562. The third-order valence-corrected chi connectivity index (χ3v) is 4.76. The lowest BCUT2D eigenvalue weighted by atomic mass is 9.89. The molecule has 7 heteroatoms. The van der Waals surface area contributed by atoms with E-state index in [0.29, 0.717) is 16.5 Å². The van der Waals surface area contributed by atoms with E-state index in [9.17, 15) is 10.1 Å². The number of hydrogen-bond acceptors (Lipinski definition) is 4. The number of benzene rings is 2. The van der Waals surface area contributed by atoms with Gasteiger partial charge in [-0.05, 0) is 36.2 Å². The molecule has 2 heterocycles. The van der Waals surface area contributed by atoms with Gasteiger partial charge in [0.1, 0.15) is 0 Å². The van der Waals surface area contributed by atoms with Crippen LogP contribution in [-0.4, -0.2) is 23.2 Å². The highest BCUT2D eigenvalue weighted by Crippen LogP contribution is 2.43. The molecule has 25 heavy (non-hydrogen) atoms. The first kappa shape index (κ1) is 15.8. The number of H-pyrrole nitrogens is 1. The molecule has 4 rings (SSSR count). The van der Waals surface area contributed by atoms with Crippen molar-refractivity contribution >= 4 is 22.5 Å². The number of nitro groups is 1. The summed E-state index contributed by atoms with van der Waals surface area (Å²) in [5, 5.41) is 12.7. The Labute approximate surface area is 148 Å². The molecule has 1 aliphatic heterocycles. The standard InChI is InChI=1S/C18H15ClN2O4/c1-10-17(12-4-2-3-5-15(12)20-10)13(8-21(22)23)11-6-14(19)18-16(7-11)24-9-25-18/h2-7,13,20H,8-9H2,1H3/t13-/m1/s1. The minimum absolute atomic E-state index is 0.102. The van der Waals surface area contributed by atoms with Crippen molar-refractivity contribution in [2.24, 2.45) is 0 Å². The van der Waals surface area contributed by atoms with Crippen molar-refractivity contribution in [1.82, 2.24) is 4.98 Å². The summed E-state index contributed by atoms with van der Waals surface area (Å²) in [6.45, 7) is 1.79. The highest BCUT2D eigenvalue weighted by molar-refractivity contribution is 6.32. The average molecular weight is 359 g/mol. The fraction of sp³-hybridized carbons (Fsp3) is 0.222. The Morgan fingerprint density at radius 3 is 2.92 bits per heavy atom. The van der Waals surface area contributed by atoms with E-state index < -0.39 is 5.92 Å². The number of aromatic nitrogens is 1. The van der Waals surface area contributed by atoms with Gasteiger partial charge in [-0.3, -0.25) is 10.1 Å². The molecule has 1 aromatic heterocycles. The molecule has 0 bridgehead atoms. The van der Waals surface area contributed by atoms with Crippen molar-refractivity contribution in [2.45, 2.75) is 12.8 Å². The second-order valence-corrected chi connectivity index (χ2v) is 6.42. The second kappa shape index (κ2) is 5.97. The minimum Gasteiger partial charge on any atom is -0.454 e. The van der Waals surface area contributed by atoms with Crippen LogP contribution in [0.2, 0.25) is 5.02 Å². The number of para-hydroxylation sites is 1. The Hall–Kier alpha value is -2.73. The second-order valence-electron chi connectivity index (χ2n) is 6.01. The van der Waals surface area contributed by atoms with E-state index in [0.717, 1.165) is 27.7 Å². The molecular weight excluding hydrogens is 344 g/mol. The van der Waals surface area contributed by atoms with Gasteiger partial charge in [0, 0.05) is 21.5 Å². The minimum atomic E-state index is -0.446. The molecule has 0 radical (unpaired) electrons. The number of hydrogen-bond donors (Lipinski definition) is 1. The Morgan fingerprint density at radius 2 is 2.12 bits per heavy atom. The number of nitrogens with zero attached hydrogens (tertiary/aromatic N) is 1. The number of aryl methyl sites for hydroxylation is 1. The molecular formula is C18H15ClN2O4. The number of fused-ring (bicyclic) bond motifs is 2. The molecule has 0 fully saturated rings. The molecule has 0 spiro atoms. The van der Waals surface area contributed by atoms with Gasteiger partial charge in [0.05, 0.1) is 10.9 Å². The number of nitrogens with one attached hydrogen (secondary N) is 1. The van der Waals surface area contributed by atoms with Gasteiger partial charge in [-0.15, -0.1) is 0 Å². The molecule has 2 aromatic carbocycles. The van der Waals surface area contributed by atoms with Crippen LogP contribution in [-0.2, 0) is 0 Å². The first-order valence-electron chi connectivity index (χ1n) is 7.82.